The predicted molar refractivity (Wildman–Crippen MR) is 55.5 cm³/mol. The summed E-state index contributed by atoms with van der Waals surface area (Å²) in [6.45, 7) is 0. The highest BCUT2D eigenvalue weighted by molar-refractivity contribution is 5.66. The van der Waals surface area contributed by atoms with Crippen molar-refractivity contribution in [1.82, 2.24) is 0 Å². The van der Waals surface area contributed by atoms with Gasteiger partial charge in [0.05, 0.1) is 0 Å². The molecule has 0 aromatic rings. The first-order chi connectivity index (χ1) is 6.63. The second-order valence-corrected chi connectivity index (χ2v) is 3.41. The molecule has 0 aliphatic rings. The highest BCUT2D eigenvalue weighted by Gasteiger charge is 1.98. The second-order valence-electron chi connectivity index (χ2n) is 3.41. The Hall–Kier alpha value is -1.06. The zero-order valence-corrected chi connectivity index (χ0v) is 8.87. The molecule has 4 radical (unpaired) electrons. The molecule has 0 amide bonds. The molecule has 15 heavy (non-hydrogen) atoms. The minimum Gasteiger partial charge on any atom is -0.481 e. The maximum atomic E-state index is 10.1. The standard InChI is InChI=1S/C10H18O4.C/c11-9(12)7-5-3-1-2-4-6-8-10(13)14;/h1-8H2,(H,11,12)(H,13,14);. The van der Waals surface area contributed by atoms with Gasteiger partial charge in [0, 0.05) is 20.3 Å². The molecule has 0 bridgehead atoms. The first kappa shape index (κ1) is 16.4. The van der Waals surface area contributed by atoms with Crippen LogP contribution in [0.2, 0.25) is 0 Å². The van der Waals surface area contributed by atoms with Gasteiger partial charge in [-0.15, -0.1) is 0 Å². The second kappa shape index (κ2) is 11.0. The van der Waals surface area contributed by atoms with E-state index in [0.29, 0.717) is 0 Å². The fraction of sp³-hybridized carbons (Fsp3) is 0.727. The Labute approximate surface area is 91.3 Å². The van der Waals surface area contributed by atoms with Gasteiger partial charge in [-0.3, -0.25) is 9.59 Å². The van der Waals surface area contributed by atoms with Gasteiger partial charge in [-0.1, -0.05) is 25.7 Å². The number of carboxylic acids is 2. The molecule has 2 N–H and O–H groups in total. The Bertz CT molecular complexity index is 157. The molecule has 0 unspecified atom stereocenters. The van der Waals surface area contributed by atoms with Crippen molar-refractivity contribution in [3.05, 3.63) is 7.43 Å². The van der Waals surface area contributed by atoms with Gasteiger partial charge in [0.1, 0.15) is 0 Å². The Balaban J connectivity index is 0. The molecule has 0 saturated carbocycles. The topological polar surface area (TPSA) is 74.6 Å². The van der Waals surface area contributed by atoms with Crippen molar-refractivity contribution in [2.24, 2.45) is 0 Å². The molecule has 0 aliphatic heterocycles. The van der Waals surface area contributed by atoms with Crippen molar-refractivity contribution in [1.29, 1.82) is 0 Å². The first-order valence-corrected chi connectivity index (χ1v) is 5.06. The molecular formula is C11H18O4. The van der Waals surface area contributed by atoms with E-state index in [9.17, 15) is 9.59 Å². The number of aliphatic carboxylic acids is 2. The summed E-state index contributed by atoms with van der Waals surface area (Å²) in [5.41, 5.74) is 0. The number of rotatable bonds is 9. The summed E-state index contributed by atoms with van der Waals surface area (Å²) in [7, 11) is 0. The Morgan fingerprint density at radius 3 is 1.20 bits per heavy atom. The summed E-state index contributed by atoms with van der Waals surface area (Å²) < 4.78 is 0. The van der Waals surface area contributed by atoms with E-state index in [2.05, 4.69) is 0 Å². The van der Waals surface area contributed by atoms with Gasteiger partial charge >= 0.3 is 11.9 Å². The third-order valence-corrected chi connectivity index (χ3v) is 2.03. The molecule has 4 nitrogen and oxygen atoms in total. The minimum absolute atomic E-state index is 0. The van der Waals surface area contributed by atoms with Crippen LogP contribution in [-0.2, 0) is 9.59 Å². The maximum Gasteiger partial charge on any atom is 0.303 e. The lowest BCUT2D eigenvalue weighted by Crippen LogP contribution is -1.94. The Morgan fingerprint density at radius 2 is 0.933 bits per heavy atom. The number of hydrogen-bond donors (Lipinski definition) is 2. The summed E-state index contributed by atoms with van der Waals surface area (Å²) in [6, 6.07) is 0. The number of carbonyl (C=O) groups is 2. The quantitative estimate of drug-likeness (QED) is 0.578. The molecule has 0 heterocycles. The summed E-state index contributed by atoms with van der Waals surface area (Å²) in [4.78, 5) is 20.3. The lowest BCUT2D eigenvalue weighted by atomic mass is 10.1. The summed E-state index contributed by atoms with van der Waals surface area (Å²) in [5, 5.41) is 16.7. The van der Waals surface area contributed by atoms with Crippen LogP contribution < -0.4 is 0 Å². The summed E-state index contributed by atoms with van der Waals surface area (Å²) in [5.74, 6) is -1.48. The van der Waals surface area contributed by atoms with E-state index in [-0.39, 0.29) is 20.3 Å². The van der Waals surface area contributed by atoms with Crippen LogP contribution in [0.15, 0.2) is 0 Å². The molecule has 0 aromatic carbocycles. The molecule has 0 rings (SSSR count). The van der Waals surface area contributed by atoms with Crippen molar-refractivity contribution in [3.63, 3.8) is 0 Å². The van der Waals surface area contributed by atoms with Crippen molar-refractivity contribution in [2.75, 3.05) is 0 Å². The summed E-state index contributed by atoms with van der Waals surface area (Å²) in [6.07, 6.45) is 5.82. The number of hydrogen-bond acceptors (Lipinski definition) is 2. The molecule has 0 aliphatic carbocycles. The third-order valence-electron chi connectivity index (χ3n) is 2.03. The van der Waals surface area contributed by atoms with Crippen molar-refractivity contribution < 1.29 is 19.8 Å². The Kier molecular flexibility index (Phi) is 12.0. The monoisotopic (exact) mass is 214 g/mol. The maximum absolute atomic E-state index is 10.1. The van der Waals surface area contributed by atoms with Gasteiger partial charge in [-0.2, -0.15) is 0 Å². The molecule has 0 aromatic heterocycles. The van der Waals surface area contributed by atoms with Gasteiger partial charge < -0.3 is 10.2 Å². The van der Waals surface area contributed by atoms with Crippen LogP contribution in [0.1, 0.15) is 51.4 Å². The molecule has 0 atom stereocenters. The molecule has 0 spiro atoms. The largest absolute Gasteiger partial charge is 0.481 e. The van der Waals surface area contributed by atoms with E-state index < -0.39 is 11.9 Å². The van der Waals surface area contributed by atoms with Crippen LogP contribution >= 0.6 is 0 Å². The fourth-order valence-corrected chi connectivity index (χ4v) is 1.26. The van der Waals surface area contributed by atoms with Crippen molar-refractivity contribution >= 4 is 11.9 Å². The highest BCUT2D eigenvalue weighted by Crippen LogP contribution is 2.08. The molecular weight excluding hydrogens is 196 g/mol. The minimum atomic E-state index is -0.740. The van der Waals surface area contributed by atoms with Crippen LogP contribution in [0.25, 0.3) is 0 Å². The fourth-order valence-electron chi connectivity index (χ4n) is 1.26. The van der Waals surface area contributed by atoms with Crippen molar-refractivity contribution in [2.45, 2.75) is 51.4 Å². The summed E-state index contributed by atoms with van der Waals surface area (Å²) >= 11 is 0. The predicted octanol–water partition coefficient (Wildman–Crippen LogP) is 2.36. The third kappa shape index (κ3) is 15.7. The van der Waals surface area contributed by atoms with E-state index in [0.717, 1.165) is 38.5 Å². The van der Waals surface area contributed by atoms with Gasteiger partial charge in [-0.25, -0.2) is 0 Å². The zero-order valence-electron chi connectivity index (χ0n) is 8.87. The number of carboxylic acid groups (broad SMARTS) is 2. The first-order valence-electron chi connectivity index (χ1n) is 5.06. The highest BCUT2D eigenvalue weighted by atomic mass is 16.4. The van der Waals surface area contributed by atoms with Crippen LogP contribution in [0, 0.1) is 7.43 Å². The van der Waals surface area contributed by atoms with Gasteiger partial charge in [0.25, 0.3) is 0 Å². The van der Waals surface area contributed by atoms with Crippen LogP contribution in [0.3, 0.4) is 0 Å². The van der Waals surface area contributed by atoms with E-state index in [1.807, 2.05) is 0 Å². The average molecular weight is 214 g/mol. The smallest absolute Gasteiger partial charge is 0.303 e. The molecule has 86 valence electrons. The van der Waals surface area contributed by atoms with Crippen LogP contribution in [0.4, 0.5) is 0 Å². The SMILES string of the molecule is O=C(O)CCCCCCCCC(=O)O.[C]. The lowest BCUT2D eigenvalue weighted by molar-refractivity contribution is -0.138. The van der Waals surface area contributed by atoms with Gasteiger partial charge in [0.2, 0.25) is 0 Å². The van der Waals surface area contributed by atoms with Crippen molar-refractivity contribution in [3.8, 4) is 0 Å². The zero-order chi connectivity index (χ0) is 10.8. The van der Waals surface area contributed by atoms with E-state index in [1.165, 1.54) is 0 Å². The van der Waals surface area contributed by atoms with Crippen LogP contribution in [0.5, 0.6) is 0 Å². The molecule has 0 fully saturated rings. The van der Waals surface area contributed by atoms with Crippen LogP contribution in [-0.4, -0.2) is 22.2 Å². The van der Waals surface area contributed by atoms with E-state index in [1.54, 1.807) is 0 Å². The van der Waals surface area contributed by atoms with E-state index >= 15 is 0 Å². The Morgan fingerprint density at radius 1 is 0.667 bits per heavy atom. The average Bonchev–Trinajstić information content (AvgIpc) is 2.08. The number of unbranched alkanes of at least 4 members (excludes halogenated alkanes) is 5. The van der Waals surface area contributed by atoms with Gasteiger partial charge in [-0.05, 0) is 12.8 Å². The van der Waals surface area contributed by atoms with Gasteiger partial charge in [0.15, 0.2) is 0 Å². The molecule has 0 saturated heterocycles. The normalized spacial score (nSPS) is 9.33. The molecule has 4 heteroatoms. The van der Waals surface area contributed by atoms with E-state index in [4.69, 9.17) is 10.2 Å². The lowest BCUT2D eigenvalue weighted by Gasteiger charge is -1.98.